The van der Waals surface area contributed by atoms with Gasteiger partial charge < -0.3 is 15.0 Å². The van der Waals surface area contributed by atoms with Gasteiger partial charge in [0.25, 0.3) is 0 Å². The summed E-state index contributed by atoms with van der Waals surface area (Å²) < 4.78 is 2.00. The number of nitrogens with zero attached hydrogens (tertiary/aromatic N) is 4. The van der Waals surface area contributed by atoms with Crippen molar-refractivity contribution in [2.75, 3.05) is 13.1 Å². The number of rotatable bonds is 2. The highest BCUT2D eigenvalue weighted by Gasteiger charge is 2.17. The molecule has 0 spiro atoms. The third-order valence-electron chi connectivity index (χ3n) is 3.80. The van der Waals surface area contributed by atoms with Gasteiger partial charge >= 0.3 is 0 Å². The van der Waals surface area contributed by atoms with Crippen LogP contribution in [0.4, 0.5) is 0 Å². The molecule has 2 aromatic heterocycles. The Labute approximate surface area is 119 Å². The van der Waals surface area contributed by atoms with Crippen LogP contribution in [0.3, 0.4) is 0 Å². The van der Waals surface area contributed by atoms with Crippen LogP contribution in [0.5, 0.6) is 0 Å². The predicted molar refractivity (Wildman–Crippen MR) is 80.5 cm³/mol. The number of fused-ring (bicyclic) bond motifs is 1. The number of piperidine rings is 1. The third kappa shape index (κ3) is 2.76. The lowest BCUT2D eigenvalue weighted by Crippen LogP contribution is -2.43. The molecule has 3 rings (SSSR count). The maximum Gasteiger partial charge on any atom is 0.191 e. The third-order valence-corrected chi connectivity index (χ3v) is 3.80. The highest BCUT2D eigenvalue weighted by atomic mass is 15.3. The lowest BCUT2D eigenvalue weighted by Gasteiger charge is -2.31. The Hall–Kier alpha value is -2.04. The van der Waals surface area contributed by atoms with Crippen LogP contribution >= 0.6 is 0 Å². The number of aromatic nitrogens is 2. The average molecular weight is 271 g/mol. The minimum Gasteiger partial charge on any atom is -0.370 e. The molecular formula is C15H21N5. The molecule has 0 aliphatic carbocycles. The van der Waals surface area contributed by atoms with Gasteiger partial charge in [0.05, 0.1) is 12.2 Å². The quantitative estimate of drug-likeness (QED) is 0.670. The van der Waals surface area contributed by atoms with Crippen molar-refractivity contribution in [3.05, 3.63) is 36.3 Å². The lowest BCUT2D eigenvalue weighted by atomic mass is 10.0. The van der Waals surface area contributed by atoms with Gasteiger partial charge in [0.2, 0.25) is 0 Å². The van der Waals surface area contributed by atoms with Gasteiger partial charge in [0.1, 0.15) is 5.65 Å². The van der Waals surface area contributed by atoms with Gasteiger partial charge in [-0.25, -0.2) is 9.98 Å². The minimum absolute atomic E-state index is 0.540. The van der Waals surface area contributed by atoms with Crippen molar-refractivity contribution in [3.63, 3.8) is 0 Å². The molecule has 0 aromatic carbocycles. The Balaban J connectivity index is 1.69. The summed E-state index contributed by atoms with van der Waals surface area (Å²) in [6.07, 6.45) is 6.48. The van der Waals surface area contributed by atoms with Gasteiger partial charge in [-0.3, -0.25) is 0 Å². The molecule has 0 bridgehead atoms. The van der Waals surface area contributed by atoms with Crippen LogP contribution in [0.1, 0.15) is 25.5 Å². The number of nitrogens with two attached hydrogens (primary N) is 1. The fraction of sp³-hybridized carbons (Fsp3) is 0.467. The van der Waals surface area contributed by atoms with E-state index in [1.165, 1.54) is 12.8 Å². The molecule has 0 saturated carbocycles. The van der Waals surface area contributed by atoms with E-state index in [1.807, 2.05) is 35.0 Å². The molecule has 2 N–H and O–H groups in total. The van der Waals surface area contributed by atoms with E-state index < -0.39 is 0 Å². The van der Waals surface area contributed by atoms with Crippen LogP contribution in [0, 0.1) is 5.92 Å². The zero-order valence-corrected chi connectivity index (χ0v) is 11.9. The number of imidazole rings is 1. The minimum atomic E-state index is 0.540. The molecular weight excluding hydrogens is 250 g/mol. The van der Waals surface area contributed by atoms with Crippen molar-refractivity contribution >= 4 is 11.6 Å². The Morgan fingerprint density at radius 1 is 1.50 bits per heavy atom. The van der Waals surface area contributed by atoms with Crippen molar-refractivity contribution in [3.8, 4) is 0 Å². The molecule has 2 aromatic rings. The Kier molecular flexibility index (Phi) is 3.58. The number of pyridine rings is 1. The largest absolute Gasteiger partial charge is 0.370 e. The van der Waals surface area contributed by atoms with Crippen molar-refractivity contribution in [2.24, 2.45) is 16.6 Å². The molecule has 20 heavy (non-hydrogen) atoms. The van der Waals surface area contributed by atoms with Crippen molar-refractivity contribution in [2.45, 2.75) is 26.3 Å². The maximum absolute atomic E-state index is 6.09. The summed E-state index contributed by atoms with van der Waals surface area (Å²) in [4.78, 5) is 11.2. The molecule has 5 heteroatoms. The molecule has 1 fully saturated rings. The second-order valence-electron chi connectivity index (χ2n) is 5.57. The molecule has 3 heterocycles. The van der Waals surface area contributed by atoms with Crippen LogP contribution in [0.15, 0.2) is 35.6 Å². The highest BCUT2D eigenvalue weighted by molar-refractivity contribution is 5.78. The van der Waals surface area contributed by atoms with Crippen LogP contribution in [-0.4, -0.2) is 33.3 Å². The van der Waals surface area contributed by atoms with E-state index in [9.17, 15) is 0 Å². The number of likely N-dealkylation sites (tertiary alicyclic amines) is 1. The zero-order valence-electron chi connectivity index (χ0n) is 11.9. The first-order valence-electron chi connectivity index (χ1n) is 7.20. The summed E-state index contributed by atoms with van der Waals surface area (Å²) in [5, 5.41) is 0. The first kappa shape index (κ1) is 13.0. The molecule has 1 atom stereocenters. The van der Waals surface area contributed by atoms with Gasteiger partial charge in [-0.1, -0.05) is 13.0 Å². The van der Waals surface area contributed by atoms with Crippen molar-refractivity contribution < 1.29 is 0 Å². The van der Waals surface area contributed by atoms with E-state index in [0.717, 1.165) is 24.4 Å². The summed E-state index contributed by atoms with van der Waals surface area (Å²) in [5.41, 5.74) is 7.99. The topological polar surface area (TPSA) is 58.9 Å². The van der Waals surface area contributed by atoms with Crippen molar-refractivity contribution in [1.82, 2.24) is 14.3 Å². The van der Waals surface area contributed by atoms with E-state index in [4.69, 9.17) is 5.73 Å². The number of aliphatic imine (C=N–C) groups is 1. The van der Waals surface area contributed by atoms with E-state index >= 15 is 0 Å². The molecule has 1 unspecified atom stereocenters. The van der Waals surface area contributed by atoms with Crippen LogP contribution in [0.25, 0.3) is 5.65 Å². The summed E-state index contributed by atoms with van der Waals surface area (Å²) >= 11 is 0. The number of hydrogen-bond donors (Lipinski definition) is 1. The molecule has 1 aliphatic rings. The number of guanidine groups is 1. The summed E-state index contributed by atoms with van der Waals surface area (Å²) in [5.74, 6) is 1.35. The normalized spacial score (nSPS) is 20.6. The van der Waals surface area contributed by atoms with E-state index in [0.29, 0.717) is 18.4 Å². The van der Waals surface area contributed by atoms with Gasteiger partial charge in [-0.15, -0.1) is 0 Å². The molecule has 5 nitrogen and oxygen atoms in total. The second kappa shape index (κ2) is 5.53. The molecule has 0 amide bonds. The Bertz CT molecular complexity index is 583. The predicted octanol–water partition coefficient (Wildman–Crippen LogP) is 1.88. The van der Waals surface area contributed by atoms with Gasteiger partial charge in [-0.05, 0) is 30.9 Å². The molecule has 1 saturated heterocycles. The van der Waals surface area contributed by atoms with Gasteiger partial charge in [0, 0.05) is 25.5 Å². The highest BCUT2D eigenvalue weighted by Crippen LogP contribution is 2.15. The SMILES string of the molecule is CC1CCCN(C(N)=NCc2cn3ccccc3n2)C1. The average Bonchev–Trinajstić information content (AvgIpc) is 2.87. The first-order valence-corrected chi connectivity index (χ1v) is 7.20. The second-order valence-corrected chi connectivity index (χ2v) is 5.57. The first-order chi connectivity index (χ1) is 9.72. The van der Waals surface area contributed by atoms with E-state index in [2.05, 4.69) is 21.8 Å². The van der Waals surface area contributed by atoms with Gasteiger partial charge in [-0.2, -0.15) is 0 Å². The molecule has 0 radical (unpaired) electrons. The van der Waals surface area contributed by atoms with Gasteiger partial charge in [0.15, 0.2) is 5.96 Å². The van der Waals surface area contributed by atoms with Crippen LogP contribution < -0.4 is 5.73 Å². The zero-order chi connectivity index (χ0) is 13.9. The van der Waals surface area contributed by atoms with Crippen molar-refractivity contribution in [1.29, 1.82) is 0 Å². The lowest BCUT2D eigenvalue weighted by molar-refractivity contribution is 0.270. The summed E-state index contributed by atoms with van der Waals surface area (Å²) in [6.45, 7) is 4.84. The smallest absolute Gasteiger partial charge is 0.191 e. The van der Waals surface area contributed by atoms with Crippen LogP contribution in [-0.2, 0) is 6.54 Å². The van der Waals surface area contributed by atoms with Crippen LogP contribution in [0.2, 0.25) is 0 Å². The fourth-order valence-corrected chi connectivity index (χ4v) is 2.72. The fourth-order valence-electron chi connectivity index (χ4n) is 2.72. The Morgan fingerprint density at radius 2 is 2.40 bits per heavy atom. The number of hydrogen-bond acceptors (Lipinski definition) is 2. The Morgan fingerprint density at radius 3 is 3.20 bits per heavy atom. The molecule has 1 aliphatic heterocycles. The monoisotopic (exact) mass is 271 g/mol. The summed E-state index contributed by atoms with van der Waals surface area (Å²) in [7, 11) is 0. The maximum atomic E-state index is 6.09. The van der Waals surface area contributed by atoms with E-state index in [1.54, 1.807) is 0 Å². The van der Waals surface area contributed by atoms with E-state index in [-0.39, 0.29) is 0 Å². The standard InChI is InChI=1S/C15H21N5/c1-12-5-4-8-20(10-12)15(16)17-9-13-11-19-7-3-2-6-14(19)18-13/h2-3,6-7,11-12H,4-5,8-10H2,1H3,(H2,16,17). The summed E-state index contributed by atoms with van der Waals surface area (Å²) in [6, 6.07) is 5.97. The molecule has 106 valence electrons.